The van der Waals surface area contributed by atoms with E-state index in [9.17, 15) is 4.79 Å². The molecular weight excluding hydrogens is 300 g/mol. The molecule has 0 aliphatic carbocycles. The molecule has 5 heteroatoms. The Morgan fingerprint density at radius 1 is 1.29 bits per heavy atom. The van der Waals surface area contributed by atoms with E-state index in [0.717, 1.165) is 24.9 Å². The fourth-order valence-corrected chi connectivity index (χ4v) is 3.14. The largest absolute Gasteiger partial charge is 0.350 e. The van der Waals surface area contributed by atoms with Gasteiger partial charge in [0.05, 0.1) is 6.42 Å². The Kier molecular flexibility index (Phi) is 5.08. The first-order valence-corrected chi connectivity index (χ1v) is 8.49. The smallest absolute Gasteiger partial charge is 0.227 e. The number of benzene rings is 1. The molecule has 0 bridgehead atoms. The minimum atomic E-state index is 0.198. The number of nitrogens with zero attached hydrogens (tertiary/aromatic N) is 3. The lowest BCUT2D eigenvalue weighted by Crippen LogP contribution is -2.45. The van der Waals surface area contributed by atoms with Crippen molar-refractivity contribution in [2.75, 3.05) is 18.4 Å². The zero-order chi connectivity index (χ0) is 16.9. The van der Waals surface area contributed by atoms with E-state index < -0.39 is 0 Å². The number of carbonyl (C=O) groups is 1. The number of aryl methyl sites for hydroxylation is 2. The maximum absolute atomic E-state index is 12.7. The predicted octanol–water partition coefficient (Wildman–Crippen LogP) is 2.74. The van der Waals surface area contributed by atoms with Gasteiger partial charge in [0, 0.05) is 31.5 Å². The fourth-order valence-electron chi connectivity index (χ4n) is 3.14. The summed E-state index contributed by atoms with van der Waals surface area (Å²) in [7, 11) is 0. The molecule has 1 aliphatic rings. The first kappa shape index (κ1) is 16.4. The number of carbonyl (C=O) groups excluding carboxylic acids is 1. The molecule has 2 heterocycles. The van der Waals surface area contributed by atoms with Gasteiger partial charge in [-0.3, -0.25) is 4.79 Å². The molecule has 0 radical (unpaired) electrons. The minimum absolute atomic E-state index is 0.198. The summed E-state index contributed by atoms with van der Waals surface area (Å²) < 4.78 is 0. The van der Waals surface area contributed by atoms with Crippen molar-refractivity contribution in [1.82, 2.24) is 14.9 Å². The number of hydrogen-bond donors (Lipinski definition) is 1. The van der Waals surface area contributed by atoms with Crippen molar-refractivity contribution >= 4 is 11.9 Å². The number of likely N-dealkylation sites (tertiary alicyclic amines) is 1. The SMILES string of the molecule is Cc1ccc(C)c(CC(=O)N2CCCC(Nc3ncccn3)C2)c1. The van der Waals surface area contributed by atoms with Gasteiger partial charge in [-0.2, -0.15) is 0 Å². The lowest BCUT2D eigenvalue weighted by molar-refractivity contribution is -0.131. The topological polar surface area (TPSA) is 58.1 Å². The third-order valence-electron chi connectivity index (χ3n) is 4.52. The highest BCUT2D eigenvalue weighted by Gasteiger charge is 2.24. The number of hydrogen-bond acceptors (Lipinski definition) is 4. The van der Waals surface area contributed by atoms with Crippen LogP contribution in [0.5, 0.6) is 0 Å². The Morgan fingerprint density at radius 3 is 2.88 bits per heavy atom. The summed E-state index contributed by atoms with van der Waals surface area (Å²) in [5.41, 5.74) is 3.50. The molecule has 1 N–H and O–H groups in total. The van der Waals surface area contributed by atoms with Gasteiger partial charge >= 0.3 is 0 Å². The molecule has 5 nitrogen and oxygen atoms in total. The Hall–Kier alpha value is -2.43. The predicted molar refractivity (Wildman–Crippen MR) is 94.9 cm³/mol. The van der Waals surface area contributed by atoms with Crippen molar-refractivity contribution in [2.45, 2.75) is 39.2 Å². The van der Waals surface area contributed by atoms with Crippen LogP contribution in [0.4, 0.5) is 5.95 Å². The number of nitrogens with one attached hydrogen (secondary N) is 1. The third kappa shape index (κ3) is 4.10. The second kappa shape index (κ2) is 7.43. The van der Waals surface area contributed by atoms with Crippen LogP contribution in [0.15, 0.2) is 36.7 Å². The van der Waals surface area contributed by atoms with Gasteiger partial charge in [0.15, 0.2) is 0 Å². The van der Waals surface area contributed by atoms with E-state index in [2.05, 4.69) is 47.3 Å². The molecule has 0 saturated carbocycles. The highest BCUT2D eigenvalue weighted by Crippen LogP contribution is 2.17. The van der Waals surface area contributed by atoms with Gasteiger partial charge < -0.3 is 10.2 Å². The first-order valence-electron chi connectivity index (χ1n) is 8.49. The molecule has 1 amide bonds. The van der Waals surface area contributed by atoms with Crippen molar-refractivity contribution < 1.29 is 4.79 Å². The molecule has 24 heavy (non-hydrogen) atoms. The van der Waals surface area contributed by atoms with E-state index >= 15 is 0 Å². The summed E-state index contributed by atoms with van der Waals surface area (Å²) in [6, 6.07) is 8.30. The maximum Gasteiger partial charge on any atom is 0.227 e. The van der Waals surface area contributed by atoms with Gasteiger partial charge in [-0.1, -0.05) is 23.8 Å². The zero-order valence-corrected chi connectivity index (χ0v) is 14.3. The Labute approximate surface area is 143 Å². The molecule has 1 saturated heterocycles. The third-order valence-corrected chi connectivity index (χ3v) is 4.52. The van der Waals surface area contributed by atoms with E-state index in [0.29, 0.717) is 18.9 Å². The zero-order valence-electron chi connectivity index (χ0n) is 14.3. The highest BCUT2D eigenvalue weighted by atomic mass is 16.2. The molecule has 1 fully saturated rings. The quantitative estimate of drug-likeness (QED) is 0.939. The van der Waals surface area contributed by atoms with Crippen LogP contribution in [0, 0.1) is 13.8 Å². The van der Waals surface area contributed by atoms with Crippen molar-refractivity contribution in [3.63, 3.8) is 0 Å². The van der Waals surface area contributed by atoms with Crippen LogP contribution in [-0.4, -0.2) is 39.9 Å². The van der Waals surface area contributed by atoms with Crippen molar-refractivity contribution in [3.8, 4) is 0 Å². The average Bonchev–Trinajstić information content (AvgIpc) is 2.59. The van der Waals surface area contributed by atoms with Crippen LogP contribution in [0.1, 0.15) is 29.5 Å². The molecule has 1 aromatic carbocycles. The van der Waals surface area contributed by atoms with Gasteiger partial charge in [0.25, 0.3) is 0 Å². The van der Waals surface area contributed by atoms with E-state index in [1.54, 1.807) is 18.5 Å². The summed E-state index contributed by atoms with van der Waals surface area (Å²) in [5, 5.41) is 3.33. The highest BCUT2D eigenvalue weighted by molar-refractivity contribution is 5.79. The molecule has 126 valence electrons. The van der Waals surface area contributed by atoms with Crippen LogP contribution in [0.2, 0.25) is 0 Å². The van der Waals surface area contributed by atoms with Gasteiger partial charge in [0.2, 0.25) is 11.9 Å². The lowest BCUT2D eigenvalue weighted by atomic mass is 10.0. The van der Waals surface area contributed by atoms with Crippen LogP contribution in [0.3, 0.4) is 0 Å². The number of aromatic nitrogens is 2. The summed E-state index contributed by atoms with van der Waals surface area (Å²) in [4.78, 5) is 23.1. The molecule has 0 spiro atoms. The number of anilines is 1. The Balaban J connectivity index is 1.61. The number of rotatable bonds is 4. The van der Waals surface area contributed by atoms with Gasteiger partial charge in [-0.25, -0.2) is 9.97 Å². The summed E-state index contributed by atoms with van der Waals surface area (Å²) in [6.45, 7) is 5.67. The summed E-state index contributed by atoms with van der Waals surface area (Å²) in [5.74, 6) is 0.829. The van der Waals surface area contributed by atoms with E-state index in [1.807, 2.05) is 4.90 Å². The second-order valence-corrected chi connectivity index (χ2v) is 6.50. The van der Waals surface area contributed by atoms with Crippen LogP contribution in [0.25, 0.3) is 0 Å². The van der Waals surface area contributed by atoms with Crippen LogP contribution in [-0.2, 0) is 11.2 Å². The van der Waals surface area contributed by atoms with Crippen molar-refractivity contribution in [2.24, 2.45) is 0 Å². The van der Waals surface area contributed by atoms with Crippen molar-refractivity contribution in [1.29, 1.82) is 0 Å². The monoisotopic (exact) mass is 324 g/mol. The minimum Gasteiger partial charge on any atom is -0.350 e. The molecule has 1 unspecified atom stereocenters. The second-order valence-electron chi connectivity index (χ2n) is 6.50. The molecule has 1 aliphatic heterocycles. The first-order chi connectivity index (χ1) is 11.6. The Bertz CT molecular complexity index is 702. The molecule has 1 aromatic heterocycles. The standard InChI is InChI=1S/C19H24N4O/c1-14-6-7-15(2)16(11-14)12-18(24)23-10-3-5-17(13-23)22-19-20-8-4-9-21-19/h4,6-9,11,17H,3,5,10,12-13H2,1-2H3,(H,20,21,22). The molecule has 3 rings (SSSR count). The van der Waals surface area contributed by atoms with E-state index in [4.69, 9.17) is 0 Å². The number of amides is 1. The lowest BCUT2D eigenvalue weighted by Gasteiger charge is -2.33. The van der Waals surface area contributed by atoms with Crippen molar-refractivity contribution in [3.05, 3.63) is 53.3 Å². The fraction of sp³-hybridized carbons (Fsp3) is 0.421. The average molecular weight is 324 g/mol. The van der Waals surface area contributed by atoms with Gasteiger partial charge in [-0.05, 0) is 43.9 Å². The van der Waals surface area contributed by atoms with Crippen LogP contribution >= 0.6 is 0 Å². The molecule has 2 aromatic rings. The summed E-state index contributed by atoms with van der Waals surface area (Å²) >= 11 is 0. The number of piperidine rings is 1. The van der Waals surface area contributed by atoms with Gasteiger partial charge in [-0.15, -0.1) is 0 Å². The molecular formula is C19H24N4O. The van der Waals surface area contributed by atoms with E-state index in [1.165, 1.54) is 11.1 Å². The molecule has 1 atom stereocenters. The van der Waals surface area contributed by atoms with Gasteiger partial charge in [0.1, 0.15) is 0 Å². The normalized spacial score (nSPS) is 17.6. The summed E-state index contributed by atoms with van der Waals surface area (Å²) in [6.07, 6.45) is 5.96. The maximum atomic E-state index is 12.7. The Morgan fingerprint density at radius 2 is 2.08 bits per heavy atom. The van der Waals surface area contributed by atoms with Crippen LogP contribution < -0.4 is 5.32 Å². The van der Waals surface area contributed by atoms with E-state index in [-0.39, 0.29) is 11.9 Å².